The Kier molecular flexibility index (Phi) is 3.30. The van der Waals surface area contributed by atoms with E-state index >= 15 is 0 Å². The van der Waals surface area contributed by atoms with E-state index in [4.69, 9.17) is 5.73 Å². The molecule has 0 radical (unpaired) electrons. The molecule has 1 aliphatic rings. The van der Waals surface area contributed by atoms with Gasteiger partial charge in [-0.05, 0) is 19.4 Å². The fourth-order valence-corrected chi connectivity index (χ4v) is 3.54. The summed E-state index contributed by atoms with van der Waals surface area (Å²) in [5.41, 5.74) is 6.50. The Morgan fingerprint density at radius 3 is 2.75 bits per heavy atom. The molecular weight excluding hydrogens is 226 g/mol. The van der Waals surface area contributed by atoms with Crippen LogP contribution in [0.2, 0.25) is 0 Å². The molecule has 0 amide bonds. The second-order valence-electron chi connectivity index (χ2n) is 4.25. The average Bonchev–Trinajstić information content (AvgIpc) is 2.67. The van der Waals surface area contributed by atoms with Crippen LogP contribution in [0.1, 0.15) is 30.3 Å². The molecule has 6 heteroatoms. The number of hydrogen-bond donors (Lipinski definition) is 2. The number of aromatic nitrogens is 2. The highest BCUT2D eigenvalue weighted by Crippen LogP contribution is 2.27. The summed E-state index contributed by atoms with van der Waals surface area (Å²) in [4.78, 5) is 7.46. The van der Waals surface area contributed by atoms with E-state index < -0.39 is 9.84 Å². The molecule has 0 unspecified atom stereocenters. The molecule has 1 aliphatic heterocycles. The Labute approximate surface area is 95.4 Å². The monoisotopic (exact) mass is 243 g/mol. The fourth-order valence-electron chi connectivity index (χ4n) is 2.05. The molecule has 0 atom stereocenters. The lowest BCUT2D eigenvalue weighted by Crippen LogP contribution is -2.22. The molecule has 1 saturated heterocycles. The summed E-state index contributed by atoms with van der Waals surface area (Å²) in [6, 6.07) is 0. The molecule has 1 aromatic rings. The molecular formula is C10H17N3O2S. The average molecular weight is 243 g/mol. The Morgan fingerprint density at radius 2 is 2.12 bits per heavy atom. The minimum Gasteiger partial charge on any atom is -0.346 e. The van der Waals surface area contributed by atoms with E-state index in [1.54, 1.807) is 0 Å². The van der Waals surface area contributed by atoms with Gasteiger partial charge >= 0.3 is 0 Å². The van der Waals surface area contributed by atoms with E-state index in [9.17, 15) is 8.42 Å². The normalized spacial score (nSPS) is 21.1. The maximum Gasteiger partial charge on any atom is 0.150 e. The predicted octanol–water partition coefficient (Wildman–Crippen LogP) is 0.203. The lowest BCUT2D eigenvalue weighted by atomic mass is 10.00. The van der Waals surface area contributed by atoms with Crippen molar-refractivity contribution in [3.8, 4) is 0 Å². The molecule has 5 nitrogen and oxygen atoms in total. The van der Waals surface area contributed by atoms with Crippen LogP contribution >= 0.6 is 0 Å². The van der Waals surface area contributed by atoms with Crippen molar-refractivity contribution in [3.05, 3.63) is 17.7 Å². The summed E-state index contributed by atoms with van der Waals surface area (Å²) < 4.78 is 22.6. The third kappa shape index (κ3) is 2.62. The standard InChI is InChI=1S/C10H17N3O2S/c11-4-1-10-12-7-9(13-10)8-2-5-16(14,15)6-3-8/h7-8H,1-6,11H2,(H,12,13). The number of sulfone groups is 1. The molecule has 90 valence electrons. The maximum atomic E-state index is 11.3. The summed E-state index contributed by atoms with van der Waals surface area (Å²) in [6.45, 7) is 0.575. The molecule has 16 heavy (non-hydrogen) atoms. The van der Waals surface area contributed by atoms with E-state index in [0.717, 1.165) is 17.9 Å². The molecule has 0 aliphatic carbocycles. The summed E-state index contributed by atoms with van der Waals surface area (Å²) in [6.07, 6.45) is 3.96. The second kappa shape index (κ2) is 4.55. The van der Waals surface area contributed by atoms with Crippen molar-refractivity contribution < 1.29 is 8.42 Å². The van der Waals surface area contributed by atoms with Crippen LogP contribution in [0.15, 0.2) is 6.20 Å². The van der Waals surface area contributed by atoms with E-state index in [2.05, 4.69) is 9.97 Å². The predicted molar refractivity (Wildman–Crippen MR) is 62.0 cm³/mol. The van der Waals surface area contributed by atoms with Gasteiger partial charge in [0.2, 0.25) is 0 Å². The Hall–Kier alpha value is -0.880. The van der Waals surface area contributed by atoms with Gasteiger partial charge in [0.25, 0.3) is 0 Å². The molecule has 1 fully saturated rings. The first-order chi connectivity index (χ1) is 7.61. The third-order valence-electron chi connectivity index (χ3n) is 3.02. The van der Waals surface area contributed by atoms with Crippen LogP contribution < -0.4 is 5.73 Å². The van der Waals surface area contributed by atoms with Gasteiger partial charge in [-0.1, -0.05) is 0 Å². The van der Waals surface area contributed by atoms with Gasteiger partial charge in [-0.2, -0.15) is 0 Å². The minimum atomic E-state index is -2.78. The Balaban J connectivity index is 2.02. The number of imidazole rings is 1. The van der Waals surface area contributed by atoms with Crippen molar-refractivity contribution in [1.82, 2.24) is 9.97 Å². The van der Waals surface area contributed by atoms with Crippen molar-refractivity contribution in [1.29, 1.82) is 0 Å². The quantitative estimate of drug-likeness (QED) is 0.794. The number of nitrogens with zero attached hydrogens (tertiary/aromatic N) is 1. The van der Waals surface area contributed by atoms with Crippen LogP contribution in [0.25, 0.3) is 0 Å². The van der Waals surface area contributed by atoms with Crippen molar-refractivity contribution >= 4 is 9.84 Å². The van der Waals surface area contributed by atoms with Gasteiger partial charge in [0.1, 0.15) is 15.7 Å². The number of nitrogens with one attached hydrogen (secondary N) is 1. The first-order valence-electron chi connectivity index (χ1n) is 5.55. The highest BCUT2D eigenvalue weighted by Gasteiger charge is 2.25. The maximum absolute atomic E-state index is 11.3. The van der Waals surface area contributed by atoms with Crippen molar-refractivity contribution in [2.45, 2.75) is 25.2 Å². The number of H-pyrrole nitrogens is 1. The van der Waals surface area contributed by atoms with Gasteiger partial charge in [-0.15, -0.1) is 0 Å². The van der Waals surface area contributed by atoms with Crippen LogP contribution in [0.5, 0.6) is 0 Å². The fraction of sp³-hybridized carbons (Fsp3) is 0.700. The van der Waals surface area contributed by atoms with Crippen LogP contribution in [0.4, 0.5) is 0 Å². The zero-order valence-corrected chi connectivity index (χ0v) is 9.96. The molecule has 0 bridgehead atoms. The third-order valence-corrected chi connectivity index (χ3v) is 4.74. The first-order valence-corrected chi connectivity index (χ1v) is 7.37. The van der Waals surface area contributed by atoms with Crippen LogP contribution in [0.3, 0.4) is 0 Å². The first kappa shape index (κ1) is 11.6. The SMILES string of the molecule is NCCc1ncc(C2CCS(=O)(=O)CC2)[nH]1. The van der Waals surface area contributed by atoms with Crippen molar-refractivity contribution in [3.63, 3.8) is 0 Å². The van der Waals surface area contributed by atoms with Gasteiger partial charge in [0.15, 0.2) is 0 Å². The van der Waals surface area contributed by atoms with Gasteiger partial charge in [-0.3, -0.25) is 0 Å². The number of hydrogen-bond acceptors (Lipinski definition) is 4. The summed E-state index contributed by atoms with van der Waals surface area (Å²) >= 11 is 0. The largest absolute Gasteiger partial charge is 0.346 e. The van der Waals surface area contributed by atoms with Gasteiger partial charge < -0.3 is 10.7 Å². The van der Waals surface area contributed by atoms with Crippen LogP contribution in [0, 0.1) is 0 Å². The number of rotatable bonds is 3. The summed E-state index contributed by atoms with van der Waals surface area (Å²) in [5, 5.41) is 0. The minimum absolute atomic E-state index is 0.295. The van der Waals surface area contributed by atoms with E-state index in [1.807, 2.05) is 6.20 Å². The smallest absolute Gasteiger partial charge is 0.150 e. The number of nitrogens with two attached hydrogens (primary N) is 1. The van der Waals surface area contributed by atoms with Crippen molar-refractivity contribution in [2.24, 2.45) is 5.73 Å². The Bertz CT molecular complexity index is 438. The van der Waals surface area contributed by atoms with Gasteiger partial charge in [-0.25, -0.2) is 13.4 Å². The van der Waals surface area contributed by atoms with Crippen LogP contribution in [-0.4, -0.2) is 36.4 Å². The van der Waals surface area contributed by atoms with Gasteiger partial charge in [0.05, 0.1) is 11.5 Å². The number of aromatic amines is 1. The molecule has 0 saturated carbocycles. The molecule has 2 rings (SSSR count). The zero-order valence-electron chi connectivity index (χ0n) is 9.15. The summed E-state index contributed by atoms with van der Waals surface area (Å²) in [7, 11) is -2.78. The molecule has 3 N–H and O–H groups in total. The van der Waals surface area contributed by atoms with Gasteiger partial charge in [0, 0.05) is 24.2 Å². The second-order valence-corrected chi connectivity index (χ2v) is 6.55. The summed E-state index contributed by atoms with van der Waals surface area (Å²) in [5.74, 6) is 1.79. The van der Waals surface area contributed by atoms with Crippen LogP contribution in [-0.2, 0) is 16.3 Å². The molecule has 1 aromatic heterocycles. The topological polar surface area (TPSA) is 88.8 Å². The molecule has 2 heterocycles. The highest BCUT2D eigenvalue weighted by molar-refractivity contribution is 7.91. The van der Waals surface area contributed by atoms with E-state index in [-0.39, 0.29) is 0 Å². The molecule has 0 aromatic carbocycles. The lowest BCUT2D eigenvalue weighted by molar-refractivity contribution is 0.545. The lowest BCUT2D eigenvalue weighted by Gasteiger charge is -2.20. The molecule has 0 spiro atoms. The Morgan fingerprint density at radius 1 is 1.44 bits per heavy atom. The van der Waals surface area contributed by atoms with E-state index in [0.29, 0.717) is 36.8 Å². The van der Waals surface area contributed by atoms with E-state index in [1.165, 1.54) is 0 Å². The highest BCUT2D eigenvalue weighted by atomic mass is 32.2. The van der Waals surface area contributed by atoms with Crippen molar-refractivity contribution in [2.75, 3.05) is 18.1 Å². The zero-order chi connectivity index (χ0) is 11.6.